The van der Waals surface area contributed by atoms with Crippen molar-refractivity contribution < 1.29 is 14.3 Å². The minimum atomic E-state index is -0.337. The second-order valence-electron chi connectivity index (χ2n) is 5.11. The Morgan fingerprint density at radius 2 is 1.90 bits per heavy atom. The highest BCUT2D eigenvalue weighted by atomic mass is 16.5. The molecule has 2 N–H and O–H groups in total. The van der Waals surface area contributed by atoms with E-state index in [1.807, 2.05) is 0 Å². The first kappa shape index (κ1) is 16.5. The van der Waals surface area contributed by atoms with Crippen LogP contribution >= 0.6 is 0 Å². The number of urea groups is 1. The third-order valence-corrected chi connectivity index (χ3v) is 3.45. The van der Waals surface area contributed by atoms with E-state index < -0.39 is 0 Å². The fourth-order valence-electron chi connectivity index (χ4n) is 2.44. The zero-order chi connectivity index (χ0) is 15.0. The summed E-state index contributed by atoms with van der Waals surface area (Å²) in [7, 11) is 0. The average Bonchev–Trinajstić information content (AvgIpc) is 2.38. The van der Waals surface area contributed by atoms with E-state index in [0.717, 1.165) is 19.3 Å². The van der Waals surface area contributed by atoms with Gasteiger partial charge in [-0.3, -0.25) is 0 Å². The van der Waals surface area contributed by atoms with E-state index in [1.165, 1.54) is 19.3 Å². The van der Waals surface area contributed by atoms with Crippen molar-refractivity contribution in [2.24, 2.45) is 0 Å². The summed E-state index contributed by atoms with van der Waals surface area (Å²) in [5.41, 5.74) is 1.16. The Hall–Kier alpha value is -1.52. The van der Waals surface area contributed by atoms with Crippen LogP contribution in [0.3, 0.4) is 0 Å². The molecule has 0 aliphatic carbocycles. The lowest BCUT2D eigenvalue weighted by atomic mass is 9.97. The molecule has 1 heterocycles. The van der Waals surface area contributed by atoms with E-state index in [0.29, 0.717) is 17.9 Å². The van der Waals surface area contributed by atoms with Crippen molar-refractivity contribution in [2.45, 2.75) is 65.3 Å². The van der Waals surface area contributed by atoms with E-state index in [1.54, 1.807) is 13.8 Å². The average molecular weight is 282 g/mol. The maximum atomic E-state index is 12.0. The van der Waals surface area contributed by atoms with Gasteiger partial charge in [0, 0.05) is 5.70 Å². The molecule has 0 radical (unpaired) electrons. The smallest absolute Gasteiger partial charge is 0.337 e. The molecule has 5 nitrogen and oxygen atoms in total. The topological polar surface area (TPSA) is 67.4 Å². The predicted molar refractivity (Wildman–Crippen MR) is 78.2 cm³/mol. The Kier molecular flexibility index (Phi) is 7.12. The summed E-state index contributed by atoms with van der Waals surface area (Å²) in [4.78, 5) is 23.5. The van der Waals surface area contributed by atoms with Gasteiger partial charge < -0.3 is 15.4 Å². The molecule has 0 unspecified atom stereocenters. The largest absolute Gasteiger partial charge is 0.463 e. The highest BCUT2D eigenvalue weighted by Crippen LogP contribution is 2.19. The molecule has 114 valence electrons. The number of nitrogens with one attached hydrogen (secondary N) is 2. The van der Waals surface area contributed by atoms with Crippen LogP contribution in [-0.4, -0.2) is 24.6 Å². The van der Waals surface area contributed by atoms with Crippen molar-refractivity contribution in [1.29, 1.82) is 0 Å². The first-order valence-corrected chi connectivity index (χ1v) is 7.55. The molecule has 1 aliphatic heterocycles. The van der Waals surface area contributed by atoms with Gasteiger partial charge in [0.15, 0.2) is 0 Å². The summed E-state index contributed by atoms with van der Waals surface area (Å²) < 4.78 is 5.07. The Balaban J connectivity index is 2.62. The molecule has 20 heavy (non-hydrogen) atoms. The Morgan fingerprint density at radius 3 is 2.55 bits per heavy atom. The van der Waals surface area contributed by atoms with Crippen molar-refractivity contribution in [3.63, 3.8) is 0 Å². The standard InChI is InChI=1S/C15H26N2O3/c1-4-6-7-8-9-10-12-13(14(18)20-5-2)11(3)16-15(19)17-12/h12H,4-10H2,1-3H3,(H2,16,17,19)/t12-/m0/s1. The van der Waals surface area contributed by atoms with E-state index >= 15 is 0 Å². The van der Waals surface area contributed by atoms with Gasteiger partial charge in [-0.1, -0.05) is 39.0 Å². The van der Waals surface area contributed by atoms with Gasteiger partial charge in [-0.05, 0) is 20.3 Å². The van der Waals surface area contributed by atoms with Gasteiger partial charge in [0.25, 0.3) is 0 Å². The van der Waals surface area contributed by atoms with Gasteiger partial charge in [-0.2, -0.15) is 0 Å². The van der Waals surface area contributed by atoms with Crippen LogP contribution in [0.4, 0.5) is 4.79 Å². The van der Waals surface area contributed by atoms with Crippen LogP contribution in [0.1, 0.15) is 59.3 Å². The van der Waals surface area contributed by atoms with Crippen LogP contribution in [0.2, 0.25) is 0 Å². The molecule has 0 saturated heterocycles. The summed E-state index contributed by atoms with van der Waals surface area (Å²) in [6.07, 6.45) is 6.55. The minimum Gasteiger partial charge on any atom is -0.463 e. The lowest BCUT2D eigenvalue weighted by molar-refractivity contribution is -0.139. The lowest BCUT2D eigenvalue weighted by Crippen LogP contribution is -2.49. The summed E-state index contributed by atoms with van der Waals surface area (Å²) in [5.74, 6) is -0.337. The quantitative estimate of drug-likeness (QED) is 0.531. The SMILES string of the molecule is CCCCCCC[C@@H]1NC(=O)NC(C)=C1C(=O)OCC. The Labute approximate surface area is 121 Å². The van der Waals surface area contributed by atoms with E-state index in [2.05, 4.69) is 17.6 Å². The number of allylic oxidation sites excluding steroid dienone is 1. The van der Waals surface area contributed by atoms with Crippen molar-refractivity contribution in [3.05, 3.63) is 11.3 Å². The van der Waals surface area contributed by atoms with Gasteiger partial charge in [0.05, 0.1) is 18.2 Å². The van der Waals surface area contributed by atoms with Crippen LogP contribution in [0, 0.1) is 0 Å². The summed E-state index contributed by atoms with van der Waals surface area (Å²) in [5, 5.41) is 5.46. The molecule has 0 aromatic rings. The molecule has 1 atom stereocenters. The molecule has 0 aromatic heterocycles. The van der Waals surface area contributed by atoms with Crippen molar-refractivity contribution in [3.8, 4) is 0 Å². The fourth-order valence-corrected chi connectivity index (χ4v) is 2.44. The van der Waals surface area contributed by atoms with Crippen molar-refractivity contribution in [1.82, 2.24) is 10.6 Å². The number of hydrogen-bond donors (Lipinski definition) is 2. The molecule has 0 saturated carbocycles. The highest BCUT2D eigenvalue weighted by Gasteiger charge is 2.30. The van der Waals surface area contributed by atoms with Gasteiger partial charge in [-0.15, -0.1) is 0 Å². The molecule has 2 amide bonds. The molecule has 0 spiro atoms. The minimum absolute atomic E-state index is 0.232. The molecule has 0 bridgehead atoms. The third-order valence-electron chi connectivity index (χ3n) is 3.45. The van der Waals surface area contributed by atoms with E-state index in [-0.39, 0.29) is 18.0 Å². The second-order valence-corrected chi connectivity index (χ2v) is 5.11. The lowest BCUT2D eigenvalue weighted by Gasteiger charge is -2.27. The Morgan fingerprint density at radius 1 is 1.20 bits per heavy atom. The van der Waals surface area contributed by atoms with Crippen LogP contribution in [-0.2, 0) is 9.53 Å². The van der Waals surface area contributed by atoms with Gasteiger partial charge in [0.2, 0.25) is 0 Å². The Bertz CT molecular complexity index is 377. The number of unbranched alkanes of at least 4 members (excludes halogenated alkanes) is 4. The second kappa shape index (κ2) is 8.61. The van der Waals surface area contributed by atoms with E-state index in [4.69, 9.17) is 4.74 Å². The van der Waals surface area contributed by atoms with Crippen LogP contribution in [0.15, 0.2) is 11.3 Å². The summed E-state index contributed by atoms with van der Waals surface area (Å²) in [6, 6.07) is -0.474. The molecular weight excluding hydrogens is 256 g/mol. The van der Waals surface area contributed by atoms with Crippen molar-refractivity contribution >= 4 is 12.0 Å². The number of ether oxygens (including phenoxy) is 1. The van der Waals surface area contributed by atoms with Crippen LogP contribution in [0.25, 0.3) is 0 Å². The first-order chi connectivity index (χ1) is 9.60. The summed E-state index contributed by atoms with van der Waals surface area (Å²) >= 11 is 0. The zero-order valence-corrected chi connectivity index (χ0v) is 12.8. The summed E-state index contributed by atoms with van der Waals surface area (Å²) in [6.45, 7) is 6.04. The number of rotatable bonds is 8. The van der Waals surface area contributed by atoms with Crippen molar-refractivity contribution in [2.75, 3.05) is 6.61 Å². The van der Waals surface area contributed by atoms with Crippen LogP contribution in [0.5, 0.6) is 0 Å². The number of amides is 2. The fraction of sp³-hybridized carbons (Fsp3) is 0.733. The van der Waals surface area contributed by atoms with Gasteiger partial charge in [-0.25, -0.2) is 9.59 Å². The normalized spacial score (nSPS) is 18.6. The molecule has 0 aromatic carbocycles. The molecular formula is C15H26N2O3. The highest BCUT2D eigenvalue weighted by molar-refractivity contribution is 5.94. The first-order valence-electron chi connectivity index (χ1n) is 7.55. The van der Waals surface area contributed by atoms with Gasteiger partial charge >= 0.3 is 12.0 Å². The number of hydrogen-bond acceptors (Lipinski definition) is 3. The molecule has 0 fully saturated rings. The zero-order valence-electron chi connectivity index (χ0n) is 12.8. The number of carbonyl (C=O) groups is 2. The molecule has 1 rings (SSSR count). The molecule has 1 aliphatic rings. The molecule has 5 heteroatoms. The monoisotopic (exact) mass is 282 g/mol. The van der Waals surface area contributed by atoms with Gasteiger partial charge in [0.1, 0.15) is 0 Å². The third kappa shape index (κ3) is 4.87. The number of esters is 1. The maximum Gasteiger partial charge on any atom is 0.337 e. The van der Waals surface area contributed by atoms with Crippen LogP contribution < -0.4 is 10.6 Å². The number of carbonyl (C=O) groups excluding carboxylic acids is 2. The van der Waals surface area contributed by atoms with E-state index in [9.17, 15) is 9.59 Å². The maximum absolute atomic E-state index is 12.0. The predicted octanol–water partition coefficient (Wildman–Crippen LogP) is 2.87.